The van der Waals surface area contributed by atoms with Crippen molar-refractivity contribution < 1.29 is 18.7 Å². The van der Waals surface area contributed by atoms with E-state index < -0.39 is 12.4 Å². The minimum atomic E-state index is -2.66. The van der Waals surface area contributed by atoms with Crippen LogP contribution in [-0.2, 0) is 7.05 Å². The van der Waals surface area contributed by atoms with Crippen LogP contribution in [0, 0.1) is 6.92 Å². The van der Waals surface area contributed by atoms with Gasteiger partial charge in [-0.05, 0) is 24.6 Å². The maximum Gasteiger partial charge on any atom is 0.335 e. The molecule has 0 spiro atoms. The van der Waals surface area contributed by atoms with Crippen molar-refractivity contribution in [2.75, 3.05) is 0 Å². The standard InChI is InChI=1S/C13H12F2N2O2/c1-7-3-4-8(13(18)19)5-9(7)11-10(12(14)15)6-17(2)16-11/h3-6,12H,1-2H3,(H,18,19). The van der Waals surface area contributed by atoms with Gasteiger partial charge in [0.2, 0.25) is 0 Å². The van der Waals surface area contributed by atoms with E-state index in [4.69, 9.17) is 5.11 Å². The molecule has 2 aromatic rings. The third-order valence-corrected chi connectivity index (χ3v) is 2.83. The molecule has 1 aromatic carbocycles. The van der Waals surface area contributed by atoms with Crippen LogP contribution < -0.4 is 0 Å². The lowest BCUT2D eigenvalue weighted by molar-refractivity contribution is 0.0697. The highest BCUT2D eigenvalue weighted by Crippen LogP contribution is 2.32. The molecule has 1 N–H and O–H groups in total. The van der Waals surface area contributed by atoms with Crippen LogP contribution in [0.3, 0.4) is 0 Å². The van der Waals surface area contributed by atoms with E-state index >= 15 is 0 Å². The summed E-state index contributed by atoms with van der Waals surface area (Å²) >= 11 is 0. The number of hydrogen-bond acceptors (Lipinski definition) is 2. The van der Waals surface area contributed by atoms with Gasteiger partial charge in [0.05, 0.1) is 11.1 Å². The third-order valence-electron chi connectivity index (χ3n) is 2.83. The van der Waals surface area contributed by atoms with Crippen LogP contribution in [0.15, 0.2) is 24.4 Å². The summed E-state index contributed by atoms with van der Waals surface area (Å²) in [6.45, 7) is 1.73. The summed E-state index contributed by atoms with van der Waals surface area (Å²) in [5.41, 5.74) is 1.08. The Labute approximate surface area is 108 Å². The zero-order valence-corrected chi connectivity index (χ0v) is 10.4. The topological polar surface area (TPSA) is 55.1 Å². The molecule has 0 unspecified atom stereocenters. The summed E-state index contributed by atoms with van der Waals surface area (Å²) in [6.07, 6.45) is -1.41. The maximum absolute atomic E-state index is 12.9. The number of rotatable bonds is 3. The predicted octanol–water partition coefficient (Wildman–Crippen LogP) is 3.03. The molecule has 0 saturated heterocycles. The van der Waals surface area contributed by atoms with E-state index in [1.54, 1.807) is 20.0 Å². The fraction of sp³-hybridized carbons (Fsp3) is 0.231. The first-order valence-electron chi connectivity index (χ1n) is 5.56. The highest BCUT2D eigenvalue weighted by atomic mass is 19.3. The molecule has 100 valence electrons. The van der Waals surface area contributed by atoms with Crippen molar-refractivity contribution in [2.24, 2.45) is 7.05 Å². The third kappa shape index (κ3) is 2.47. The molecule has 2 rings (SSSR count). The number of carboxylic acids is 1. The number of aromatic nitrogens is 2. The highest BCUT2D eigenvalue weighted by Gasteiger charge is 2.20. The molecular weight excluding hydrogens is 254 g/mol. The monoisotopic (exact) mass is 266 g/mol. The van der Waals surface area contributed by atoms with E-state index in [1.807, 2.05) is 0 Å². The minimum absolute atomic E-state index is 0.0477. The summed E-state index contributed by atoms with van der Waals surface area (Å²) in [7, 11) is 1.55. The van der Waals surface area contributed by atoms with Gasteiger partial charge >= 0.3 is 5.97 Å². The number of carbonyl (C=O) groups is 1. The Morgan fingerprint density at radius 3 is 2.68 bits per heavy atom. The number of aryl methyl sites for hydroxylation is 2. The van der Waals surface area contributed by atoms with Gasteiger partial charge in [-0.15, -0.1) is 0 Å². The first-order chi connectivity index (χ1) is 8.90. The highest BCUT2D eigenvalue weighted by molar-refractivity contribution is 5.89. The molecule has 0 radical (unpaired) electrons. The van der Waals surface area contributed by atoms with E-state index in [2.05, 4.69) is 5.10 Å². The summed E-state index contributed by atoms with van der Waals surface area (Å²) in [4.78, 5) is 10.9. The first kappa shape index (κ1) is 13.2. The number of nitrogens with zero attached hydrogens (tertiary/aromatic N) is 2. The van der Waals surface area contributed by atoms with E-state index in [1.165, 1.54) is 23.0 Å². The summed E-state index contributed by atoms with van der Waals surface area (Å²) < 4.78 is 27.2. The number of hydrogen-bond donors (Lipinski definition) is 1. The van der Waals surface area contributed by atoms with Crippen LogP contribution >= 0.6 is 0 Å². The second-order valence-corrected chi connectivity index (χ2v) is 4.24. The van der Waals surface area contributed by atoms with E-state index in [0.717, 1.165) is 0 Å². The van der Waals surface area contributed by atoms with Crippen molar-refractivity contribution in [1.82, 2.24) is 9.78 Å². The quantitative estimate of drug-likeness (QED) is 0.929. The number of aromatic carboxylic acids is 1. The van der Waals surface area contributed by atoms with Crippen molar-refractivity contribution in [1.29, 1.82) is 0 Å². The van der Waals surface area contributed by atoms with Crippen LogP contribution in [-0.4, -0.2) is 20.9 Å². The molecule has 0 fully saturated rings. The number of benzene rings is 1. The molecule has 0 amide bonds. The van der Waals surface area contributed by atoms with Gasteiger partial charge in [-0.1, -0.05) is 6.07 Å². The Hall–Kier alpha value is -2.24. The van der Waals surface area contributed by atoms with Gasteiger partial charge in [-0.3, -0.25) is 4.68 Å². The largest absolute Gasteiger partial charge is 0.478 e. The Morgan fingerprint density at radius 1 is 1.42 bits per heavy atom. The Bertz CT molecular complexity index is 636. The van der Waals surface area contributed by atoms with Crippen molar-refractivity contribution in [2.45, 2.75) is 13.3 Å². The molecule has 0 bridgehead atoms. The minimum Gasteiger partial charge on any atom is -0.478 e. The van der Waals surface area contributed by atoms with Crippen molar-refractivity contribution in [3.8, 4) is 11.3 Å². The zero-order chi connectivity index (χ0) is 14.2. The Balaban J connectivity index is 2.64. The van der Waals surface area contributed by atoms with Gasteiger partial charge in [0.15, 0.2) is 0 Å². The fourth-order valence-electron chi connectivity index (χ4n) is 1.89. The molecule has 6 heteroatoms. The van der Waals surface area contributed by atoms with E-state index in [-0.39, 0.29) is 16.8 Å². The molecule has 1 aromatic heterocycles. The fourth-order valence-corrected chi connectivity index (χ4v) is 1.89. The number of alkyl halides is 2. The Kier molecular flexibility index (Phi) is 3.33. The molecule has 19 heavy (non-hydrogen) atoms. The van der Waals surface area contributed by atoms with Gasteiger partial charge in [0.25, 0.3) is 6.43 Å². The normalized spacial score (nSPS) is 11.0. The average molecular weight is 266 g/mol. The predicted molar refractivity (Wildman–Crippen MR) is 65.3 cm³/mol. The van der Waals surface area contributed by atoms with Gasteiger partial charge in [-0.25, -0.2) is 13.6 Å². The number of halogens is 2. The summed E-state index contributed by atoms with van der Waals surface area (Å²) in [5, 5.41) is 13.0. The molecule has 0 aliphatic heterocycles. The van der Waals surface area contributed by atoms with Crippen molar-refractivity contribution >= 4 is 5.97 Å². The molecular formula is C13H12F2N2O2. The van der Waals surface area contributed by atoms with Crippen LogP contribution in [0.4, 0.5) is 8.78 Å². The van der Waals surface area contributed by atoms with Gasteiger partial charge in [-0.2, -0.15) is 5.10 Å². The van der Waals surface area contributed by atoms with Gasteiger partial charge < -0.3 is 5.11 Å². The summed E-state index contributed by atoms with van der Waals surface area (Å²) in [5.74, 6) is -1.10. The number of carboxylic acid groups (broad SMARTS) is 1. The molecule has 0 aliphatic carbocycles. The molecule has 0 saturated carbocycles. The lowest BCUT2D eigenvalue weighted by atomic mass is 10.00. The van der Waals surface area contributed by atoms with Crippen LogP contribution in [0.1, 0.15) is 27.9 Å². The second kappa shape index (κ2) is 4.79. The maximum atomic E-state index is 12.9. The van der Waals surface area contributed by atoms with E-state index in [0.29, 0.717) is 11.1 Å². The van der Waals surface area contributed by atoms with Crippen LogP contribution in [0.2, 0.25) is 0 Å². The van der Waals surface area contributed by atoms with Crippen LogP contribution in [0.25, 0.3) is 11.3 Å². The zero-order valence-electron chi connectivity index (χ0n) is 10.4. The van der Waals surface area contributed by atoms with Crippen molar-refractivity contribution in [3.05, 3.63) is 41.1 Å². The smallest absolute Gasteiger partial charge is 0.335 e. The second-order valence-electron chi connectivity index (χ2n) is 4.24. The molecule has 0 atom stereocenters. The van der Waals surface area contributed by atoms with Crippen molar-refractivity contribution in [3.63, 3.8) is 0 Å². The molecule has 1 heterocycles. The van der Waals surface area contributed by atoms with Crippen LogP contribution in [0.5, 0.6) is 0 Å². The molecule has 0 aliphatic rings. The average Bonchev–Trinajstić information content (AvgIpc) is 2.71. The van der Waals surface area contributed by atoms with E-state index in [9.17, 15) is 13.6 Å². The van der Waals surface area contributed by atoms with Gasteiger partial charge in [0, 0.05) is 18.8 Å². The SMILES string of the molecule is Cc1ccc(C(=O)O)cc1-c1nn(C)cc1C(F)F. The van der Waals surface area contributed by atoms with Gasteiger partial charge in [0.1, 0.15) is 5.69 Å². The lowest BCUT2D eigenvalue weighted by Gasteiger charge is -2.06. The summed E-state index contributed by atoms with van der Waals surface area (Å²) in [6, 6.07) is 4.39. The first-order valence-corrected chi connectivity index (χ1v) is 5.56. The lowest BCUT2D eigenvalue weighted by Crippen LogP contribution is -1.98. The Morgan fingerprint density at radius 2 is 2.11 bits per heavy atom. The molecule has 4 nitrogen and oxygen atoms in total.